The number of benzene rings is 3. The van der Waals surface area contributed by atoms with Gasteiger partial charge in [-0.25, -0.2) is 0 Å². The number of aromatic hydroxyl groups is 1. The van der Waals surface area contributed by atoms with E-state index < -0.39 is 0 Å². The van der Waals surface area contributed by atoms with Crippen molar-refractivity contribution in [1.29, 1.82) is 0 Å². The van der Waals surface area contributed by atoms with Gasteiger partial charge in [-0.05, 0) is 78.0 Å². The van der Waals surface area contributed by atoms with Crippen molar-refractivity contribution in [3.63, 3.8) is 0 Å². The van der Waals surface area contributed by atoms with Crippen LogP contribution in [0.1, 0.15) is 70.1 Å². The molecule has 5 rings (SSSR count). The molecule has 3 aromatic carbocycles. The lowest BCUT2D eigenvalue weighted by atomic mass is 9.48. The number of fused-ring (bicyclic) bond motifs is 1. The average molecular weight is 511 g/mol. The minimum Gasteiger partial charge on any atom is -0.508 e. The molecule has 3 heteroatoms. The average Bonchev–Trinajstić information content (AvgIpc) is 2.90. The molecule has 1 saturated carbocycles. The van der Waals surface area contributed by atoms with Crippen molar-refractivity contribution in [2.24, 2.45) is 22.7 Å². The molecule has 3 aromatic rings. The summed E-state index contributed by atoms with van der Waals surface area (Å²) in [5.41, 5.74) is 5.12. The number of allylic oxidation sites excluding steroid dienone is 2. The number of ether oxygens (including phenoxy) is 2. The van der Waals surface area contributed by atoms with Crippen LogP contribution in [0.2, 0.25) is 0 Å². The number of phenolic OH excluding ortho intramolecular Hbond substituents is 1. The predicted octanol–water partition coefficient (Wildman–Crippen LogP) is 8.89. The molecule has 0 aliphatic heterocycles. The Morgan fingerprint density at radius 3 is 2.00 bits per heavy atom. The van der Waals surface area contributed by atoms with Gasteiger partial charge in [-0.2, -0.15) is 0 Å². The molecule has 0 aromatic heterocycles. The van der Waals surface area contributed by atoms with Gasteiger partial charge in [0.25, 0.3) is 0 Å². The molecule has 38 heavy (non-hydrogen) atoms. The number of rotatable bonds is 8. The lowest BCUT2D eigenvalue weighted by Gasteiger charge is -2.57. The van der Waals surface area contributed by atoms with Crippen LogP contribution in [0.4, 0.5) is 0 Å². The first-order valence-electron chi connectivity index (χ1n) is 14.1. The normalized spacial score (nSPS) is 24.3. The first-order chi connectivity index (χ1) is 18.3. The molecule has 0 radical (unpaired) electrons. The van der Waals surface area contributed by atoms with Crippen LogP contribution in [0.25, 0.3) is 0 Å². The van der Waals surface area contributed by atoms with Gasteiger partial charge in [-0.15, -0.1) is 0 Å². The highest BCUT2D eigenvalue weighted by Crippen LogP contribution is 2.60. The molecule has 0 bridgehead atoms. The summed E-state index contributed by atoms with van der Waals surface area (Å²) in [7, 11) is 0. The SMILES string of the molecule is CC1=CC[C@H]2C(C)(C)CCC[C@]2(C)[C@H]1Cc1cc(OCc2ccccc2)c(OCc2ccccc2)cc1O. The summed E-state index contributed by atoms with van der Waals surface area (Å²) < 4.78 is 12.5. The van der Waals surface area contributed by atoms with E-state index in [0.29, 0.717) is 42.0 Å². The molecule has 3 atom stereocenters. The molecular weight excluding hydrogens is 468 g/mol. The Bertz CT molecular complexity index is 1260. The fourth-order valence-electron chi connectivity index (χ4n) is 7.20. The van der Waals surface area contributed by atoms with E-state index in [4.69, 9.17) is 9.47 Å². The van der Waals surface area contributed by atoms with Gasteiger partial charge in [-0.3, -0.25) is 0 Å². The second-order valence-corrected chi connectivity index (χ2v) is 12.3. The van der Waals surface area contributed by atoms with Gasteiger partial charge in [0.15, 0.2) is 11.5 Å². The minimum absolute atomic E-state index is 0.223. The maximum absolute atomic E-state index is 11.2. The van der Waals surface area contributed by atoms with Crippen molar-refractivity contribution in [1.82, 2.24) is 0 Å². The van der Waals surface area contributed by atoms with Crippen LogP contribution >= 0.6 is 0 Å². The smallest absolute Gasteiger partial charge is 0.165 e. The summed E-state index contributed by atoms with van der Waals surface area (Å²) in [5, 5.41) is 11.2. The Morgan fingerprint density at radius 2 is 1.39 bits per heavy atom. The van der Waals surface area contributed by atoms with E-state index in [1.165, 1.54) is 24.8 Å². The third kappa shape index (κ3) is 5.48. The highest BCUT2D eigenvalue weighted by molar-refractivity contribution is 5.51. The zero-order valence-electron chi connectivity index (χ0n) is 23.4. The molecule has 0 amide bonds. The molecule has 0 saturated heterocycles. The van der Waals surface area contributed by atoms with Crippen molar-refractivity contribution in [3.05, 3.63) is 101 Å². The van der Waals surface area contributed by atoms with Crippen LogP contribution in [-0.2, 0) is 19.6 Å². The topological polar surface area (TPSA) is 38.7 Å². The summed E-state index contributed by atoms with van der Waals surface area (Å²) in [6.45, 7) is 10.6. The molecule has 1 N–H and O–H groups in total. The van der Waals surface area contributed by atoms with Crippen LogP contribution < -0.4 is 9.47 Å². The fraction of sp³-hybridized carbons (Fsp3) is 0.429. The van der Waals surface area contributed by atoms with Gasteiger partial charge in [0.1, 0.15) is 19.0 Å². The zero-order chi connectivity index (χ0) is 26.8. The summed E-state index contributed by atoms with van der Waals surface area (Å²) in [5.74, 6) is 2.59. The monoisotopic (exact) mass is 510 g/mol. The fourth-order valence-corrected chi connectivity index (χ4v) is 7.20. The molecule has 2 aliphatic carbocycles. The van der Waals surface area contributed by atoms with Crippen molar-refractivity contribution >= 4 is 0 Å². The van der Waals surface area contributed by atoms with Crippen LogP contribution in [0.15, 0.2) is 84.4 Å². The minimum atomic E-state index is 0.223. The molecule has 0 unspecified atom stereocenters. The summed E-state index contributed by atoms with van der Waals surface area (Å²) >= 11 is 0. The quantitative estimate of drug-likeness (QED) is 0.308. The second-order valence-electron chi connectivity index (χ2n) is 12.3. The predicted molar refractivity (Wildman–Crippen MR) is 154 cm³/mol. The summed E-state index contributed by atoms with van der Waals surface area (Å²) in [6.07, 6.45) is 8.24. The molecule has 2 aliphatic rings. The third-order valence-corrected chi connectivity index (χ3v) is 9.34. The molecule has 200 valence electrons. The van der Waals surface area contributed by atoms with E-state index in [9.17, 15) is 5.11 Å². The lowest BCUT2D eigenvalue weighted by Crippen LogP contribution is -2.49. The van der Waals surface area contributed by atoms with E-state index in [1.54, 1.807) is 6.07 Å². The summed E-state index contributed by atoms with van der Waals surface area (Å²) in [6, 6.07) is 24.1. The highest BCUT2D eigenvalue weighted by Gasteiger charge is 2.51. The van der Waals surface area contributed by atoms with Crippen LogP contribution in [-0.4, -0.2) is 5.11 Å². The molecule has 0 heterocycles. The number of phenols is 1. The maximum atomic E-state index is 11.2. The van der Waals surface area contributed by atoms with E-state index in [0.717, 1.165) is 29.5 Å². The van der Waals surface area contributed by atoms with Gasteiger partial charge >= 0.3 is 0 Å². The van der Waals surface area contributed by atoms with E-state index in [-0.39, 0.29) is 11.2 Å². The number of hydrogen-bond donors (Lipinski definition) is 1. The van der Waals surface area contributed by atoms with Crippen molar-refractivity contribution in [3.8, 4) is 17.2 Å². The maximum Gasteiger partial charge on any atom is 0.165 e. The van der Waals surface area contributed by atoms with E-state index in [2.05, 4.69) is 45.9 Å². The van der Waals surface area contributed by atoms with Crippen LogP contribution in [0.3, 0.4) is 0 Å². The third-order valence-electron chi connectivity index (χ3n) is 9.34. The van der Waals surface area contributed by atoms with Crippen molar-refractivity contribution < 1.29 is 14.6 Å². The van der Waals surface area contributed by atoms with Gasteiger partial charge in [0.05, 0.1) is 0 Å². The molecular formula is C35H42O3. The highest BCUT2D eigenvalue weighted by atomic mass is 16.5. The first-order valence-corrected chi connectivity index (χ1v) is 14.1. The Labute approximate surface area is 228 Å². The lowest BCUT2D eigenvalue weighted by molar-refractivity contribution is -0.0369. The van der Waals surface area contributed by atoms with Gasteiger partial charge in [0.2, 0.25) is 0 Å². The van der Waals surface area contributed by atoms with Crippen LogP contribution in [0, 0.1) is 22.7 Å². The standard InChI is InChI=1S/C35H42O3/c1-25-16-17-33-34(2,3)18-11-19-35(33,4)29(25)20-28-21-31(37-23-26-12-7-5-8-13-26)32(22-30(28)36)38-24-27-14-9-6-10-15-27/h5-10,12-16,21-22,29,33,36H,11,17-20,23-24H2,1-4H3/t29-,33-,35+/m0/s1. The Kier molecular flexibility index (Phi) is 7.56. The van der Waals surface area contributed by atoms with Gasteiger partial charge in [0, 0.05) is 6.07 Å². The summed E-state index contributed by atoms with van der Waals surface area (Å²) in [4.78, 5) is 0. The number of hydrogen-bond acceptors (Lipinski definition) is 3. The van der Waals surface area contributed by atoms with Crippen LogP contribution in [0.5, 0.6) is 17.2 Å². The first kappa shape index (κ1) is 26.4. The van der Waals surface area contributed by atoms with E-state index >= 15 is 0 Å². The molecule has 3 nitrogen and oxygen atoms in total. The van der Waals surface area contributed by atoms with Crippen molar-refractivity contribution in [2.75, 3.05) is 0 Å². The van der Waals surface area contributed by atoms with E-state index in [1.807, 2.05) is 54.6 Å². The Hall–Kier alpha value is -3.20. The molecule has 0 spiro atoms. The second kappa shape index (κ2) is 10.9. The zero-order valence-corrected chi connectivity index (χ0v) is 23.4. The Balaban J connectivity index is 1.44. The molecule has 1 fully saturated rings. The van der Waals surface area contributed by atoms with Gasteiger partial charge in [-0.1, -0.05) is 99.5 Å². The largest absolute Gasteiger partial charge is 0.508 e. The van der Waals surface area contributed by atoms with Crippen molar-refractivity contribution in [2.45, 2.75) is 73.0 Å². The van der Waals surface area contributed by atoms with Gasteiger partial charge < -0.3 is 14.6 Å². The Morgan fingerprint density at radius 1 is 0.816 bits per heavy atom.